The minimum absolute atomic E-state index is 0.0328. The van der Waals surface area contributed by atoms with E-state index in [0.717, 1.165) is 10.9 Å². The molecule has 34 heavy (non-hydrogen) atoms. The number of amides is 1. The molecule has 0 unspecified atom stereocenters. The van der Waals surface area contributed by atoms with Crippen LogP contribution in [0.5, 0.6) is 0 Å². The predicted molar refractivity (Wildman–Crippen MR) is 127 cm³/mol. The van der Waals surface area contributed by atoms with Gasteiger partial charge in [0.15, 0.2) is 5.82 Å². The van der Waals surface area contributed by atoms with E-state index in [9.17, 15) is 14.3 Å². The molecular weight excluding hydrogens is 437 g/mol. The Hall–Kier alpha value is -4.05. The summed E-state index contributed by atoms with van der Waals surface area (Å²) in [4.78, 5) is 22.2. The van der Waals surface area contributed by atoms with Crippen LogP contribution in [0.4, 0.5) is 21.7 Å². The highest BCUT2D eigenvalue weighted by atomic mass is 19.1. The monoisotopic (exact) mass is 461 g/mol. The van der Waals surface area contributed by atoms with Crippen LogP contribution in [0.15, 0.2) is 42.9 Å². The maximum absolute atomic E-state index is 14.9. The van der Waals surface area contributed by atoms with E-state index in [1.807, 2.05) is 6.92 Å². The Balaban J connectivity index is 1.51. The van der Waals surface area contributed by atoms with E-state index in [1.165, 1.54) is 15.6 Å². The zero-order chi connectivity index (χ0) is 24.2. The van der Waals surface area contributed by atoms with Gasteiger partial charge in [0.05, 0.1) is 24.1 Å². The Morgan fingerprint density at radius 1 is 1.12 bits per heavy atom. The Bertz CT molecular complexity index is 1450. The van der Waals surface area contributed by atoms with Gasteiger partial charge in [0.25, 0.3) is 0 Å². The highest BCUT2D eigenvalue weighted by Gasteiger charge is 2.35. The van der Waals surface area contributed by atoms with Crippen LogP contribution in [-0.4, -0.2) is 49.3 Å². The Morgan fingerprint density at radius 2 is 1.91 bits per heavy atom. The molecule has 0 aliphatic carbocycles. The number of nitrogens with zero attached hydrogens (tertiary/aromatic N) is 5. The normalized spacial score (nSPS) is 18.1. The molecule has 1 atom stereocenters. The van der Waals surface area contributed by atoms with Crippen LogP contribution < -0.4 is 11.1 Å². The lowest BCUT2D eigenvalue weighted by atomic mass is 9.99. The number of nitrogens with two attached hydrogens (primary N) is 1. The fourth-order valence-electron chi connectivity index (χ4n) is 4.30. The van der Waals surface area contributed by atoms with Crippen LogP contribution in [0.25, 0.3) is 21.9 Å². The number of halogens is 1. The zero-order valence-electron chi connectivity index (χ0n) is 19.0. The molecule has 174 valence electrons. The van der Waals surface area contributed by atoms with Gasteiger partial charge in [0, 0.05) is 42.0 Å². The predicted octanol–water partition coefficient (Wildman–Crippen LogP) is 2.95. The zero-order valence-corrected chi connectivity index (χ0v) is 19.0. The standard InChI is InChI=1S/C24H24FN7O2/c1-13-17(9-27-10-19(13)26)16-4-14-6-21(28-8-15(14)5-18(16)25)29-22-7-20-24(2,34)12-31(3)23(33)11-32(20)30-22/h4-10,34H,11-12,26H2,1-3H3,(H,28,29,30)/t24-/m0/s1. The van der Waals surface area contributed by atoms with E-state index in [-0.39, 0.29) is 24.8 Å². The summed E-state index contributed by atoms with van der Waals surface area (Å²) in [6.45, 7) is 3.68. The van der Waals surface area contributed by atoms with Crippen LogP contribution in [0.1, 0.15) is 18.2 Å². The highest BCUT2D eigenvalue weighted by Crippen LogP contribution is 2.33. The molecule has 0 spiro atoms. The molecule has 0 saturated carbocycles. The number of aromatic nitrogens is 4. The van der Waals surface area contributed by atoms with Gasteiger partial charge in [0.2, 0.25) is 5.91 Å². The smallest absolute Gasteiger partial charge is 0.244 e. The lowest BCUT2D eigenvalue weighted by Crippen LogP contribution is -2.37. The number of benzene rings is 1. The highest BCUT2D eigenvalue weighted by molar-refractivity contribution is 5.90. The number of carbonyl (C=O) groups excluding carboxylic acids is 1. The molecule has 5 rings (SSSR count). The van der Waals surface area contributed by atoms with Crippen molar-refractivity contribution in [2.45, 2.75) is 26.0 Å². The molecule has 1 amide bonds. The van der Waals surface area contributed by atoms with Gasteiger partial charge in [-0.25, -0.2) is 9.37 Å². The van der Waals surface area contributed by atoms with Crippen molar-refractivity contribution >= 4 is 34.0 Å². The molecule has 1 aliphatic heterocycles. The van der Waals surface area contributed by atoms with E-state index in [4.69, 9.17) is 5.73 Å². The van der Waals surface area contributed by atoms with Gasteiger partial charge in [-0.1, -0.05) is 0 Å². The average molecular weight is 462 g/mol. The Labute approximate surface area is 195 Å². The summed E-state index contributed by atoms with van der Waals surface area (Å²) >= 11 is 0. The average Bonchev–Trinajstić information content (AvgIpc) is 3.15. The molecule has 4 N–H and O–H groups in total. The molecule has 4 aromatic rings. The second kappa shape index (κ2) is 7.77. The van der Waals surface area contributed by atoms with Crippen molar-refractivity contribution in [1.82, 2.24) is 24.6 Å². The number of rotatable bonds is 3. The van der Waals surface area contributed by atoms with E-state index in [1.54, 1.807) is 50.8 Å². The summed E-state index contributed by atoms with van der Waals surface area (Å²) in [6.07, 6.45) is 4.71. The third-order valence-corrected chi connectivity index (χ3v) is 6.20. The largest absolute Gasteiger partial charge is 0.397 e. The number of nitrogen functional groups attached to an aromatic ring is 1. The maximum atomic E-state index is 14.9. The fourth-order valence-corrected chi connectivity index (χ4v) is 4.30. The molecule has 3 aromatic heterocycles. The maximum Gasteiger partial charge on any atom is 0.244 e. The number of β-amino-alcohol motifs (C(OH)–C–C–N with tert-alkyl or cyclic N) is 1. The summed E-state index contributed by atoms with van der Waals surface area (Å²) in [6, 6.07) is 6.66. The van der Waals surface area contributed by atoms with E-state index in [2.05, 4.69) is 20.4 Å². The first-order chi connectivity index (χ1) is 16.1. The molecule has 1 aromatic carbocycles. The molecule has 10 heteroatoms. The van der Waals surface area contributed by atoms with Gasteiger partial charge in [-0.05, 0) is 43.0 Å². The molecule has 0 fully saturated rings. The number of nitrogens with one attached hydrogen (secondary N) is 1. The molecule has 4 heterocycles. The molecule has 1 aliphatic rings. The third kappa shape index (κ3) is 3.71. The minimum atomic E-state index is -1.25. The molecule has 9 nitrogen and oxygen atoms in total. The fraction of sp³-hybridized carbons (Fsp3) is 0.250. The van der Waals surface area contributed by atoms with Crippen molar-refractivity contribution in [3.63, 3.8) is 0 Å². The number of pyridine rings is 2. The van der Waals surface area contributed by atoms with Crippen LogP contribution in [0.3, 0.4) is 0 Å². The summed E-state index contributed by atoms with van der Waals surface area (Å²) in [5.74, 6) is 0.403. The summed E-state index contributed by atoms with van der Waals surface area (Å²) in [5.41, 5.74) is 7.52. The summed E-state index contributed by atoms with van der Waals surface area (Å²) < 4.78 is 16.4. The van der Waals surface area contributed by atoms with Gasteiger partial charge >= 0.3 is 0 Å². The van der Waals surface area contributed by atoms with Crippen LogP contribution in [0.2, 0.25) is 0 Å². The molecule has 0 saturated heterocycles. The topological polar surface area (TPSA) is 122 Å². The van der Waals surface area contributed by atoms with Gasteiger partial charge in [-0.15, -0.1) is 0 Å². The van der Waals surface area contributed by atoms with Crippen molar-refractivity contribution in [1.29, 1.82) is 0 Å². The van der Waals surface area contributed by atoms with Crippen LogP contribution >= 0.6 is 0 Å². The minimum Gasteiger partial charge on any atom is -0.397 e. The van der Waals surface area contributed by atoms with Gasteiger partial charge in [0.1, 0.15) is 23.8 Å². The van der Waals surface area contributed by atoms with Crippen molar-refractivity contribution in [2.24, 2.45) is 0 Å². The molecule has 0 radical (unpaired) electrons. The Morgan fingerprint density at radius 3 is 2.71 bits per heavy atom. The van der Waals surface area contributed by atoms with Crippen molar-refractivity contribution in [3.05, 3.63) is 59.9 Å². The number of aliphatic hydroxyl groups is 1. The molecular formula is C24H24FN7O2. The number of carbonyl (C=O) groups is 1. The van der Waals surface area contributed by atoms with Crippen molar-refractivity contribution in [3.8, 4) is 11.1 Å². The van der Waals surface area contributed by atoms with Crippen molar-refractivity contribution < 1.29 is 14.3 Å². The third-order valence-electron chi connectivity index (χ3n) is 6.20. The van der Waals surface area contributed by atoms with Crippen molar-refractivity contribution in [2.75, 3.05) is 24.6 Å². The number of hydrogen-bond donors (Lipinski definition) is 3. The number of hydrogen-bond acceptors (Lipinski definition) is 7. The second-order valence-electron chi connectivity index (χ2n) is 8.87. The number of fused-ring (bicyclic) bond motifs is 2. The lowest BCUT2D eigenvalue weighted by molar-refractivity contribution is -0.132. The SMILES string of the molecule is Cc1c(N)cncc1-c1cc2cc(Nc3cc4n(n3)CC(=O)N(C)C[C@]4(C)O)ncc2cc1F. The van der Waals surface area contributed by atoms with Gasteiger partial charge in [-0.3, -0.25) is 14.5 Å². The van der Waals surface area contributed by atoms with E-state index in [0.29, 0.717) is 39.5 Å². The quantitative estimate of drug-likeness (QED) is 0.429. The summed E-state index contributed by atoms with van der Waals surface area (Å²) in [7, 11) is 1.65. The Kier molecular flexibility index (Phi) is 4.98. The lowest BCUT2D eigenvalue weighted by Gasteiger charge is -2.25. The second-order valence-corrected chi connectivity index (χ2v) is 8.87. The van der Waals surface area contributed by atoms with E-state index >= 15 is 0 Å². The van der Waals surface area contributed by atoms with E-state index < -0.39 is 5.60 Å². The first-order valence-corrected chi connectivity index (χ1v) is 10.7. The van der Waals surface area contributed by atoms with Gasteiger partial charge < -0.3 is 21.1 Å². The first kappa shape index (κ1) is 21.8. The molecule has 0 bridgehead atoms. The van der Waals surface area contributed by atoms with Crippen LogP contribution in [-0.2, 0) is 16.9 Å². The summed E-state index contributed by atoms with van der Waals surface area (Å²) in [5, 5.41) is 19.8. The number of anilines is 3. The van der Waals surface area contributed by atoms with Gasteiger partial charge in [-0.2, -0.15) is 5.10 Å². The van der Waals surface area contributed by atoms with Crippen LogP contribution in [0, 0.1) is 12.7 Å². The number of likely N-dealkylation sites (N-methyl/N-ethyl adjacent to an activating group) is 1. The first-order valence-electron chi connectivity index (χ1n) is 10.7.